The number of carbonyl (C=O) groups is 3. The van der Waals surface area contributed by atoms with Gasteiger partial charge in [-0.05, 0) is 42.4 Å². The summed E-state index contributed by atoms with van der Waals surface area (Å²) in [5, 5.41) is 2.74. The normalized spacial score (nSPS) is 9.81. The third-order valence-corrected chi connectivity index (χ3v) is 6.61. The van der Waals surface area contributed by atoms with Crippen LogP contribution in [0.5, 0.6) is 0 Å². The van der Waals surface area contributed by atoms with Gasteiger partial charge in [0.1, 0.15) is 19.8 Å². The molecule has 3 amide bonds. The van der Waals surface area contributed by atoms with Gasteiger partial charge >= 0.3 is 18.3 Å². The molecule has 0 fully saturated rings. The number of ether oxygens (including phenoxy) is 3. The van der Waals surface area contributed by atoms with Crippen LogP contribution in [-0.4, -0.2) is 60.8 Å². The highest BCUT2D eigenvalue weighted by Crippen LogP contribution is 2.09. The van der Waals surface area contributed by atoms with Gasteiger partial charge in [-0.25, -0.2) is 14.4 Å². The SMILES string of the molecule is CC.CC.CCCN(CCCCN(CCCNC(=O)OCc1ccccc1)C(=O)OCc1ccccc1)C(=O)OCc1ccccc1. The molecule has 1 N–H and O–H groups in total. The topological polar surface area (TPSA) is 97.4 Å². The maximum atomic E-state index is 13.0. The van der Waals surface area contributed by atoms with E-state index in [0.29, 0.717) is 52.0 Å². The molecule has 0 aliphatic carbocycles. The molecule has 3 aromatic carbocycles. The van der Waals surface area contributed by atoms with Gasteiger partial charge in [-0.1, -0.05) is 126 Å². The fourth-order valence-electron chi connectivity index (χ4n) is 4.32. The van der Waals surface area contributed by atoms with E-state index < -0.39 is 12.2 Å². The van der Waals surface area contributed by atoms with E-state index in [0.717, 1.165) is 23.1 Å². The molecule has 0 aromatic heterocycles. The summed E-state index contributed by atoms with van der Waals surface area (Å²) in [5.41, 5.74) is 2.76. The third kappa shape index (κ3) is 18.3. The van der Waals surface area contributed by atoms with Gasteiger partial charge in [0.05, 0.1) is 0 Å². The van der Waals surface area contributed by atoms with Crippen molar-refractivity contribution >= 4 is 18.3 Å². The van der Waals surface area contributed by atoms with Gasteiger partial charge < -0.3 is 29.3 Å². The van der Waals surface area contributed by atoms with Crippen LogP contribution in [0.25, 0.3) is 0 Å². The monoisotopic (exact) mass is 649 g/mol. The van der Waals surface area contributed by atoms with Crippen LogP contribution in [0.3, 0.4) is 0 Å². The molecule has 0 bridgehead atoms. The highest BCUT2D eigenvalue weighted by Gasteiger charge is 2.17. The fraction of sp³-hybridized carbons (Fsp3) is 0.447. The molecule has 258 valence electrons. The zero-order valence-corrected chi connectivity index (χ0v) is 29.0. The van der Waals surface area contributed by atoms with Crippen LogP contribution in [0, 0.1) is 0 Å². The molecule has 0 spiro atoms. The molecule has 0 unspecified atom stereocenters. The van der Waals surface area contributed by atoms with Gasteiger partial charge in [0.25, 0.3) is 0 Å². The molecule has 3 rings (SSSR count). The summed E-state index contributed by atoms with van der Waals surface area (Å²) in [6, 6.07) is 28.6. The summed E-state index contributed by atoms with van der Waals surface area (Å²) in [5.74, 6) is 0. The number of carbonyl (C=O) groups excluding carboxylic acids is 3. The summed E-state index contributed by atoms with van der Waals surface area (Å²) in [6.07, 6.45) is 1.48. The average Bonchev–Trinajstić information content (AvgIpc) is 3.13. The molecule has 0 aliphatic heterocycles. The molecule has 0 saturated heterocycles. The summed E-state index contributed by atoms with van der Waals surface area (Å²) in [7, 11) is 0. The third-order valence-electron chi connectivity index (χ3n) is 6.61. The van der Waals surface area contributed by atoms with Crippen molar-refractivity contribution < 1.29 is 28.6 Å². The minimum atomic E-state index is -0.503. The predicted molar refractivity (Wildman–Crippen MR) is 188 cm³/mol. The molecule has 9 nitrogen and oxygen atoms in total. The Balaban J connectivity index is 0.00000265. The van der Waals surface area contributed by atoms with Crippen molar-refractivity contribution in [1.82, 2.24) is 15.1 Å². The first-order chi connectivity index (χ1) is 23.0. The molecule has 3 aromatic rings. The Hall–Kier alpha value is -4.53. The number of unbranched alkanes of at least 4 members (excludes halogenated alkanes) is 1. The number of rotatable bonds is 17. The summed E-state index contributed by atoms with van der Waals surface area (Å²) in [4.78, 5) is 41.1. The van der Waals surface area contributed by atoms with Crippen molar-refractivity contribution in [1.29, 1.82) is 0 Å². The van der Waals surface area contributed by atoms with E-state index in [2.05, 4.69) is 5.32 Å². The molecule has 0 atom stereocenters. The van der Waals surface area contributed by atoms with Crippen molar-refractivity contribution in [2.75, 3.05) is 32.7 Å². The van der Waals surface area contributed by atoms with E-state index in [1.54, 1.807) is 9.80 Å². The van der Waals surface area contributed by atoms with Gasteiger partial charge in [-0.15, -0.1) is 0 Å². The second-order valence-electron chi connectivity index (χ2n) is 10.1. The number of hydrogen-bond acceptors (Lipinski definition) is 6. The predicted octanol–water partition coefficient (Wildman–Crippen LogP) is 8.82. The van der Waals surface area contributed by atoms with Crippen LogP contribution in [0.15, 0.2) is 91.0 Å². The van der Waals surface area contributed by atoms with Crippen molar-refractivity contribution in [2.45, 2.75) is 80.1 Å². The highest BCUT2D eigenvalue weighted by atomic mass is 16.6. The number of nitrogens with zero attached hydrogens (tertiary/aromatic N) is 2. The van der Waals surface area contributed by atoms with E-state index >= 15 is 0 Å². The van der Waals surface area contributed by atoms with Gasteiger partial charge in [0.2, 0.25) is 0 Å². The van der Waals surface area contributed by atoms with Crippen molar-refractivity contribution in [3.05, 3.63) is 108 Å². The quantitative estimate of drug-likeness (QED) is 0.116. The molecule has 0 radical (unpaired) electrons. The van der Waals surface area contributed by atoms with Gasteiger partial charge in [-0.2, -0.15) is 0 Å². The standard InChI is InChI=1S/C34H43N3O6.2C2H6/c1-2-22-36(33(39)42-27-30-17-8-4-9-18-30)23-12-13-24-37(34(40)43-28-31-19-10-5-11-20-31)25-14-21-35-32(38)41-26-29-15-6-3-7-16-29;2*1-2/h3-11,15-20H,2,12-14,21-28H2,1H3,(H,35,38);2*1-2H3. The fourth-order valence-corrected chi connectivity index (χ4v) is 4.32. The van der Waals surface area contributed by atoms with Gasteiger partial charge in [-0.3, -0.25) is 0 Å². The molecule has 0 saturated carbocycles. The van der Waals surface area contributed by atoms with Crippen LogP contribution in [-0.2, 0) is 34.0 Å². The van der Waals surface area contributed by atoms with Crippen LogP contribution in [0.2, 0.25) is 0 Å². The largest absolute Gasteiger partial charge is 0.445 e. The zero-order valence-electron chi connectivity index (χ0n) is 29.0. The summed E-state index contributed by atoms with van der Waals surface area (Å²) >= 11 is 0. The van der Waals surface area contributed by atoms with E-state index in [1.165, 1.54) is 0 Å². The van der Waals surface area contributed by atoms with Crippen molar-refractivity contribution in [3.63, 3.8) is 0 Å². The van der Waals surface area contributed by atoms with Gasteiger partial charge in [0, 0.05) is 32.7 Å². The first-order valence-corrected chi connectivity index (χ1v) is 16.9. The van der Waals surface area contributed by atoms with E-state index in [-0.39, 0.29) is 25.9 Å². The summed E-state index contributed by atoms with van der Waals surface area (Å²) < 4.78 is 16.3. The Morgan fingerprint density at radius 2 is 0.894 bits per heavy atom. The lowest BCUT2D eigenvalue weighted by Gasteiger charge is -2.24. The Bertz CT molecular complexity index is 1210. The second kappa shape index (κ2) is 26.7. The van der Waals surface area contributed by atoms with Crippen LogP contribution in [0.1, 0.15) is 77.0 Å². The number of benzene rings is 3. The number of nitrogens with one attached hydrogen (secondary N) is 1. The van der Waals surface area contributed by atoms with Crippen molar-refractivity contribution in [3.8, 4) is 0 Å². The maximum Gasteiger partial charge on any atom is 0.410 e. The molecule has 47 heavy (non-hydrogen) atoms. The molecule has 9 heteroatoms. The minimum Gasteiger partial charge on any atom is -0.445 e. The Kier molecular flexibility index (Phi) is 23.0. The number of alkyl carbamates (subject to hydrolysis) is 1. The lowest BCUT2D eigenvalue weighted by Crippen LogP contribution is -2.36. The minimum absolute atomic E-state index is 0.178. The van der Waals surface area contributed by atoms with Crippen LogP contribution >= 0.6 is 0 Å². The first-order valence-electron chi connectivity index (χ1n) is 16.9. The lowest BCUT2D eigenvalue weighted by atomic mass is 10.2. The Morgan fingerprint density at radius 3 is 1.30 bits per heavy atom. The lowest BCUT2D eigenvalue weighted by molar-refractivity contribution is 0.0896. The smallest absolute Gasteiger partial charge is 0.410 e. The van der Waals surface area contributed by atoms with E-state index in [9.17, 15) is 14.4 Å². The van der Waals surface area contributed by atoms with Gasteiger partial charge in [0.15, 0.2) is 0 Å². The maximum absolute atomic E-state index is 13.0. The number of hydrogen-bond donors (Lipinski definition) is 1. The second-order valence-corrected chi connectivity index (χ2v) is 10.1. The highest BCUT2D eigenvalue weighted by molar-refractivity contribution is 5.68. The Morgan fingerprint density at radius 1 is 0.532 bits per heavy atom. The molecule has 0 aliphatic rings. The summed E-state index contributed by atoms with van der Waals surface area (Å²) in [6.45, 7) is 13.0. The molecular formula is C38H55N3O6. The van der Waals surface area contributed by atoms with Crippen molar-refractivity contribution in [2.24, 2.45) is 0 Å². The Labute approximate surface area is 282 Å². The first kappa shape index (κ1) is 40.5. The average molecular weight is 650 g/mol. The molecule has 0 heterocycles. The van der Waals surface area contributed by atoms with Crippen LogP contribution in [0.4, 0.5) is 14.4 Å². The molecular weight excluding hydrogens is 594 g/mol. The number of amides is 3. The van der Waals surface area contributed by atoms with Crippen LogP contribution < -0.4 is 5.32 Å². The van der Waals surface area contributed by atoms with E-state index in [4.69, 9.17) is 14.2 Å². The van der Waals surface area contributed by atoms with E-state index in [1.807, 2.05) is 126 Å². The zero-order chi connectivity index (χ0) is 34.5.